The smallest absolute Gasteiger partial charge is 0.252 e. The van der Waals surface area contributed by atoms with E-state index in [0.29, 0.717) is 29.0 Å². The van der Waals surface area contributed by atoms with Gasteiger partial charge < -0.3 is 15.7 Å². The molecule has 4 bridgehead atoms. The molecule has 1 aromatic carbocycles. The number of likely N-dealkylation sites (N-methyl/N-ethyl adjacent to an activating group) is 1. The summed E-state index contributed by atoms with van der Waals surface area (Å²) in [4.78, 5) is 12.9. The highest BCUT2D eigenvalue weighted by molar-refractivity contribution is 6.33. The fourth-order valence-corrected chi connectivity index (χ4v) is 6.72. The van der Waals surface area contributed by atoms with Gasteiger partial charge in [-0.25, -0.2) is 0 Å². The van der Waals surface area contributed by atoms with Gasteiger partial charge >= 0.3 is 0 Å². The molecule has 1 aromatic rings. The first kappa shape index (κ1) is 21.1. The van der Waals surface area contributed by atoms with Crippen molar-refractivity contribution in [2.24, 2.45) is 23.2 Å². The second-order valence-electron chi connectivity index (χ2n) is 9.91. The highest BCUT2D eigenvalue weighted by Crippen LogP contribution is 2.59. The summed E-state index contributed by atoms with van der Waals surface area (Å²) < 4.78 is 0. The van der Waals surface area contributed by atoms with Crippen molar-refractivity contribution in [3.8, 4) is 0 Å². The molecule has 3 N–H and O–H groups in total. The quantitative estimate of drug-likeness (QED) is 0.563. The summed E-state index contributed by atoms with van der Waals surface area (Å²) in [7, 11) is 0. The van der Waals surface area contributed by atoms with Crippen LogP contribution in [0.2, 0.25) is 5.02 Å². The third-order valence-electron chi connectivity index (χ3n) is 7.46. The number of hydrogen-bond acceptors (Lipinski definition) is 3. The molecule has 4 nitrogen and oxygen atoms in total. The number of aliphatic hydroxyl groups excluding tert-OH is 1. The van der Waals surface area contributed by atoms with Crippen LogP contribution in [-0.4, -0.2) is 36.8 Å². The number of aryl methyl sites for hydroxylation is 1. The third-order valence-corrected chi connectivity index (χ3v) is 7.79. The van der Waals surface area contributed by atoms with Gasteiger partial charge in [-0.05, 0) is 98.8 Å². The molecule has 1 atom stereocenters. The average Bonchev–Trinajstić information content (AvgIpc) is 2.69. The molecule has 0 aliphatic heterocycles. The molecule has 0 aromatic heterocycles. The van der Waals surface area contributed by atoms with Crippen LogP contribution in [0.5, 0.6) is 0 Å². The van der Waals surface area contributed by atoms with Crippen LogP contribution >= 0.6 is 11.6 Å². The van der Waals surface area contributed by atoms with Crippen LogP contribution in [0.4, 0.5) is 0 Å². The Kier molecular flexibility index (Phi) is 6.53. The molecule has 0 saturated heterocycles. The van der Waals surface area contributed by atoms with Crippen molar-refractivity contribution in [2.45, 2.75) is 64.4 Å². The van der Waals surface area contributed by atoms with E-state index < -0.39 is 0 Å². The Labute approximate surface area is 179 Å². The fourth-order valence-electron chi connectivity index (χ4n) is 6.52. The summed E-state index contributed by atoms with van der Waals surface area (Å²) >= 11 is 6.36. The lowest BCUT2D eigenvalue weighted by atomic mass is 9.49. The Morgan fingerprint density at radius 3 is 2.48 bits per heavy atom. The number of hydrogen-bond donors (Lipinski definition) is 3. The van der Waals surface area contributed by atoms with Gasteiger partial charge in [-0.1, -0.05) is 24.6 Å². The van der Waals surface area contributed by atoms with E-state index in [4.69, 9.17) is 11.6 Å². The van der Waals surface area contributed by atoms with Crippen molar-refractivity contribution >= 4 is 17.5 Å². The predicted octanol–water partition coefficient (Wildman–Crippen LogP) is 4.19. The van der Waals surface area contributed by atoms with Crippen molar-refractivity contribution in [3.63, 3.8) is 0 Å². The molecule has 4 saturated carbocycles. The van der Waals surface area contributed by atoms with Gasteiger partial charge in [-0.15, -0.1) is 0 Å². The van der Waals surface area contributed by atoms with Crippen LogP contribution in [0.15, 0.2) is 18.2 Å². The van der Waals surface area contributed by atoms with Gasteiger partial charge in [0.05, 0.1) is 16.7 Å². The van der Waals surface area contributed by atoms with E-state index in [1.54, 1.807) is 0 Å². The molecule has 5 rings (SSSR count). The molecule has 1 amide bonds. The van der Waals surface area contributed by atoms with E-state index in [1.807, 2.05) is 25.1 Å². The Balaban J connectivity index is 1.35. The summed E-state index contributed by atoms with van der Waals surface area (Å²) in [6.07, 6.45) is 9.15. The molecule has 29 heavy (non-hydrogen) atoms. The SMILES string of the molecule is CCNC[C@H](O)CCc1ccc(Cl)c(C(=O)NCC23CC4CC(CC(C4)C2)C3)c1. The number of carbonyl (C=O) groups is 1. The Morgan fingerprint density at radius 2 is 1.86 bits per heavy atom. The minimum atomic E-state index is -0.376. The summed E-state index contributed by atoms with van der Waals surface area (Å²) in [6.45, 7) is 4.27. The van der Waals surface area contributed by atoms with E-state index in [1.165, 1.54) is 38.5 Å². The lowest BCUT2D eigenvalue weighted by Crippen LogP contribution is -2.51. The molecule has 0 heterocycles. The summed E-state index contributed by atoms with van der Waals surface area (Å²) in [5.74, 6) is 2.61. The van der Waals surface area contributed by atoms with Crippen LogP contribution in [0, 0.1) is 23.2 Å². The molecule has 0 radical (unpaired) electrons. The monoisotopic (exact) mass is 418 g/mol. The highest BCUT2D eigenvalue weighted by atomic mass is 35.5. The topological polar surface area (TPSA) is 61.4 Å². The van der Waals surface area contributed by atoms with Gasteiger partial charge in [0, 0.05) is 13.1 Å². The van der Waals surface area contributed by atoms with E-state index >= 15 is 0 Å². The largest absolute Gasteiger partial charge is 0.392 e. The number of nitrogens with one attached hydrogen (secondary N) is 2. The average molecular weight is 419 g/mol. The first-order chi connectivity index (χ1) is 14.0. The first-order valence-corrected chi connectivity index (χ1v) is 11.8. The maximum absolute atomic E-state index is 12.9. The summed E-state index contributed by atoms with van der Waals surface area (Å²) in [5.41, 5.74) is 1.94. The zero-order valence-corrected chi connectivity index (χ0v) is 18.3. The molecule has 4 aliphatic rings. The van der Waals surface area contributed by atoms with Crippen molar-refractivity contribution in [1.29, 1.82) is 0 Å². The fraction of sp³-hybridized carbons (Fsp3) is 0.708. The Hall–Kier alpha value is -1.10. The van der Waals surface area contributed by atoms with Crippen LogP contribution in [0.3, 0.4) is 0 Å². The van der Waals surface area contributed by atoms with Crippen molar-refractivity contribution < 1.29 is 9.90 Å². The summed E-state index contributed by atoms with van der Waals surface area (Å²) in [6, 6.07) is 5.67. The minimum Gasteiger partial charge on any atom is -0.392 e. The number of benzene rings is 1. The van der Waals surface area contributed by atoms with Crippen molar-refractivity contribution in [3.05, 3.63) is 34.3 Å². The number of halogens is 1. The van der Waals surface area contributed by atoms with Gasteiger partial charge in [-0.3, -0.25) is 4.79 Å². The zero-order chi connectivity index (χ0) is 20.4. The van der Waals surface area contributed by atoms with Crippen molar-refractivity contribution in [1.82, 2.24) is 10.6 Å². The third kappa shape index (κ3) is 4.98. The molecular formula is C24H35ClN2O2. The van der Waals surface area contributed by atoms with E-state index in [2.05, 4.69) is 10.6 Å². The molecule has 4 aliphatic carbocycles. The van der Waals surface area contributed by atoms with E-state index in [-0.39, 0.29) is 12.0 Å². The Morgan fingerprint density at radius 1 is 1.21 bits per heavy atom. The maximum atomic E-state index is 12.9. The first-order valence-electron chi connectivity index (χ1n) is 11.4. The normalized spacial score (nSPS) is 31.1. The van der Waals surface area contributed by atoms with Crippen LogP contribution in [0.1, 0.15) is 67.8 Å². The van der Waals surface area contributed by atoms with Crippen molar-refractivity contribution in [2.75, 3.05) is 19.6 Å². The molecule has 4 fully saturated rings. The second kappa shape index (κ2) is 8.95. The maximum Gasteiger partial charge on any atom is 0.252 e. The highest BCUT2D eigenvalue weighted by Gasteiger charge is 2.50. The summed E-state index contributed by atoms with van der Waals surface area (Å²) in [5, 5.41) is 16.9. The molecule has 5 heteroatoms. The zero-order valence-electron chi connectivity index (χ0n) is 17.6. The standard InChI is InChI=1S/C24H35ClN2O2/c1-2-26-14-20(28)5-3-16-4-6-22(25)21(10-16)23(29)27-15-24-11-17-7-18(12-24)9-19(8-17)13-24/h4,6,10,17-20,26,28H,2-3,5,7-9,11-15H2,1H3,(H,27,29)/t17?,18?,19?,20-,24?/m1/s1. The number of carbonyl (C=O) groups excluding carboxylic acids is 1. The molecule has 0 spiro atoms. The van der Waals surface area contributed by atoms with Gasteiger partial charge in [-0.2, -0.15) is 0 Å². The van der Waals surface area contributed by atoms with Gasteiger partial charge in [0.1, 0.15) is 0 Å². The Bertz CT molecular complexity index is 700. The van der Waals surface area contributed by atoms with Gasteiger partial charge in [0.15, 0.2) is 0 Å². The lowest BCUT2D eigenvalue weighted by Gasteiger charge is -2.56. The number of aliphatic hydroxyl groups is 1. The van der Waals surface area contributed by atoms with E-state index in [0.717, 1.165) is 42.8 Å². The van der Waals surface area contributed by atoms with Crippen LogP contribution in [-0.2, 0) is 6.42 Å². The van der Waals surface area contributed by atoms with Crippen LogP contribution < -0.4 is 10.6 Å². The molecular weight excluding hydrogens is 384 g/mol. The van der Waals surface area contributed by atoms with Crippen LogP contribution in [0.25, 0.3) is 0 Å². The predicted molar refractivity (Wildman–Crippen MR) is 117 cm³/mol. The number of rotatable bonds is 9. The minimum absolute atomic E-state index is 0.0548. The lowest BCUT2D eigenvalue weighted by molar-refractivity contribution is -0.0503. The molecule has 160 valence electrons. The van der Waals surface area contributed by atoms with Gasteiger partial charge in [0.2, 0.25) is 0 Å². The van der Waals surface area contributed by atoms with Gasteiger partial charge in [0.25, 0.3) is 5.91 Å². The molecule has 0 unspecified atom stereocenters. The number of amides is 1. The second-order valence-corrected chi connectivity index (χ2v) is 10.3. The van der Waals surface area contributed by atoms with E-state index in [9.17, 15) is 9.90 Å².